The van der Waals surface area contributed by atoms with Crippen LogP contribution < -0.4 is 10.5 Å². The Bertz CT molecular complexity index is 421. The Kier molecular flexibility index (Phi) is 5.08. The summed E-state index contributed by atoms with van der Waals surface area (Å²) in [6.45, 7) is 0.393. The van der Waals surface area contributed by atoms with Crippen LogP contribution in [0.3, 0.4) is 0 Å². The lowest BCUT2D eigenvalue weighted by atomic mass is 9.78. The van der Waals surface area contributed by atoms with Crippen LogP contribution in [-0.2, 0) is 0 Å². The molecule has 1 aromatic carbocycles. The van der Waals surface area contributed by atoms with Crippen LogP contribution in [0.2, 0.25) is 5.02 Å². The maximum Gasteiger partial charge on any atom is 0.122 e. The van der Waals surface area contributed by atoms with Crippen LogP contribution in [0.25, 0.3) is 0 Å². The molecule has 0 aliphatic heterocycles. The SMILES string of the molecule is COc1ccc(Cl)cc1C(CN)C(O)CC1CCC1. The largest absolute Gasteiger partial charge is 0.496 e. The van der Waals surface area contributed by atoms with Gasteiger partial charge in [0.1, 0.15) is 5.75 Å². The third kappa shape index (κ3) is 3.41. The first-order valence-corrected chi connectivity index (χ1v) is 7.25. The zero-order valence-electron chi connectivity index (χ0n) is 11.3. The number of halogens is 1. The summed E-state index contributed by atoms with van der Waals surface area (Å²) in [5.41, 5.74) is 6.76. The zero-order valence-corrected chi connectivity index (χ0v) is 12.1. The second-order valence-electron chi connectivity index (χ2n) is 5.33. The second-order valence-corrected chi connectivity index (χ2v) is 5.76. The van der Waals surface area contributed by atoms with Crippen molar-refractivity contribution in [3.05, 3.63) is 28.8 Å². The van der Waals surface area contributed by atoms with E-state index in [1.165, 1.54) is 19.3 Å². The molecule has 19 heavy (non-hydrogen) atoms. The van der Waals surface area contributed by atoms with Gasteiger partial charge < -0.3 is 15.6 Å². The molecule has 0 heterocycles. The predicted molar refractivity (Wildman–Crippen MR) is 77.8 cm³/mol. The van der Waals surface area contributed by atoms with Crippen LogP contribution in [-0.4, -0.2) is 24.9 Å². The number of aliphatic hydroxyl groups is 1. The second kappa shape index (κ2) is 6.60. The Morgan fingerprint density at radius 1 is 1.47 bits per heavy atom. The molecule has 4 heteroatoms. The van der Waals surface area contributed by atoms with E-state index < -0.39 is 6.10 Å². The number of hydrogen-bond donors (Lipinski definition) is 2. The van der Waals surface area contributed by atoms with Crippen molar-refractivity contribution in [2.24, 2.45) is 11.7 Å². The normalized spacial score (nSPS) is 18.7. The van der Waals surface area contributed by atoms with Gasteiger partial charge in [-0.1, -0.05) is 30.9 Å². The van der Waals surface area contributed by atoms with Gasteiger partial charge in [-0.15, -0.1) is 0 Å². The van der Waals surface area contributed by atoms with E-state index in [-0.39, 0.29) is 5.92 Å². The van der Waals surface area contributed by atoms with Crippen LogP contribution in [0.1, 0.15) is 37.2 Å². The van der Waals surface area contributed by atoms with E-state index in [1.54, 1.807) is 13.2 Å². The minimum atomic E-state index is -0.428. The minimum Gasteiger partial charge on any atom is -0.496 e. The van der Waals surface area contributed by atoms with Gasteiger partial charge in [0.05, 0.1) is 13.2 Å². The maximum absolute atomic E-state index is 10.4. The molecule has 106 valence electrons. The molecule has 0 aromatic heterocycles. The number of hydrogen-bond acceptors (Lipinski definition) is 3. The molecular weight excluding hydrogens is 262 g/mol. The number of rotatable bonds is 6. The van der Waals surface area contributed by atoms with E-state index >= 15 is 0 Å². The third-order valence-corrected chi connectivity index (χ3v) is 4.34. The lowest BCUT2D eigenvalue weighted by molar-refractivity contribution is 0.0943. The van der Waals surface area contributed by atoms with Crippen molar-refractivity contribution in [2.75, 3.05) is 13.7 Å². The summed E-state index contributed by atoms with van der Waals surface area (Å²) < 4.78 is 5.35. The van der Waals surface area contributed by atoms with Gasteiger partial charge in [0.2, 0.25) is 0 Å². The molecule has 1 fully saturated rings. The average molecular weight is 284 g/mol. The Morgan fingerprint density at radius 3 is 2.74 bits per heavy atom. The van der Waals surface area contributed by atoms with Gasteiger partial charge in [-0.2, -0.15) is 0 Å². The van der Waals surface area contributed by atoms with Crippen molar-refractivity contribution in [3.8, 4) is 5.75 Å². The average Bonchev–Trinajstić information content (AvgIpc) is 2.35. The molecule has 1 saturated carbocycles. The number of benzene rings is 1. The topological polar surface area (TPSA) is 55.5 Å². The fraction of sp³-hybridized carbons (Fsp3) is 0.600. The fourth-order valence-corrected chi connectivity index (χ4v) is 2.90. The smallest absolute Gasteiger partial charge is 0.122 e. The summed E-state index contributed by atoms with van der Waals surface area (Å²) in [5, 5.41) is 11.1. The van der Waals surface area contributed by atoms with Gasteiger partial charge in [-0.3, -0.25) is 0 Å². The molecule has 3 N–H and O–H groups in total. The van der Waals surface area contributed by atoms with Gasteiger partial charge in [-0.05, 0) is 30.5 Å². The van der Waals surface area contributed by atoms with Crippen molar-refractivity contribution in [1.82, 2.24) is 0 Å². The fourth-order valence-electron chi connectivity index (χ4n) is 2.72. The Hall–Kier alpha value is -0.770. The third-order valence-electron chi connectivity index (χ3n) is 4.11. The van der Waals surface area contributed by atoms with Crippen LogP contribution in [0.5, 0.6) is 5.75 Å². The van der Waals surface area contributed by atoms with Gasteiger partial charge in [0.25, 0.3) is 0 Å². The number of methoxy groups -OCH3 is 1. The Labute approximate surface area is 119 Å². The minimum absolute atomic E-state index is 0.116. The van der Waals surface area contributed by atoms with E-state index in [4.69, 9.17) is 22.1 Å². The molecular formula is C15H22ClNO2. The Morgan fingerprint density at radius 2 is 2.21 bits per heavy atom. The molecule has 0 radical (unpaired) electrons. The summed E-state index contributed by atoms with van der Waals surface area (Å²) in [4.78, 5) is 0. The van der Waals surface area contributed by atoms with Crippen molar-refractivity contribution in [2.45, 2.75) is 37.7 Å². The molecule has 1 aliphatic carbocycles. The van der Waals surface area contributed by atoms with Crippen LogP contribution in [0.15, 0.2) is 18.2 Å². The van der Waals surface area contributed by atoms with Gasteiger partial charge in [0, 0.05) is 23.0 Å². The van der Waals surface area contributed by atoms with E-state index in [0.717, 1.165) is 17.7 Å². The molecule has 3 nitrogen and oxygen atoms in total. The molecule has 1 aliphatic rings. The lowest BCUT2D eigenvalue weighted by Gasteiger charge is -2.31. The molecule has 0 spiro atoms. The molecule has 0 amide bonds. The standard InChI is InChI=1S/C15H22ClNO2/c1-19-15-6-5-11(16)8-12(15)13(9-17)14(18)7-10-3-2-4-10/h5-6,8,10,13-14,18H,2-4,7,9,17H2,1H3. The van der Waals surface area contributed by atoms with Crippen LogP contribution in [0, 0.1) is 5.92 Å². The highest BCUT2D eigenvalue weighted by Gasteiger charge is 2.28. The van der Waals surface area contributed by atoms with Crippen molar-refractivity contribution < 1.29 is 9.84 Å². The van der Waals surface area contributed by atoms with Crippen LogP contribution >= 0.6 is 11.6 Å². The van der Waals surface area contributed by atoms with E-state index in [2.05, 4.69) is 0 Å². The number of ether oxygens (including phenoxy) is 1. The number of aliphatic hydroxyl groups excluding tert-OH is 1. The van der Waals surface area contributed by atoms with Crippen molar-refractivity contribution >= 4 is 11.6 Å². The van der Waals surface area contributed by atoms with Gasteiger partial charge in [-0.25, -0.2) is 0 Å². The first-order valence-electron chi connectivity index (χ1n) is 6.87. The van der Waals surface area contributed by atoms with Crippen LogP contribution in [0.4, 0.5) is 0 Å². The molecule has 0 saturated heterocycles. The molecule has 2 unspecified atom stereocenters. The molecule has 0 bridgehead atoms. The summed E-state index contributed by atoms with van der Waals surface area (Å²) in [6.07, 6.45) is 4.12. The predicted octanol–water partition coefficient (Wildman–Crippen LogP) is 2.94. The first-order chi connectivity index (χ1) is 9.15. The molecule has 2 atom stereocenters. The highest BCUT2D eigenvalue weighted by Crippen LogP contribution is 2.36. The van der Waals surface area contributed by atoms with E-state index in [9.17, 15) is 5.11 Å². The first kappa shape index (κ1) is 14.6. The van der Waals surface area contributed by atoms with E-state index in [0.29, 0.717) is 17.5 Å². The van der Waals surface area contributed by atoms with Gasteiger partial charge in [0.15, 0.2) is 0 Å². The summed E-state index contributed by atoms with van der Waals surface area (Å²) >= 11 is 6.05. The summed E-state index contributed by atoms with van der Waals surface area (Å²) in [6, 6.07) is 5.47. The molecule has 2 rings (SSSR count). The quantitative estimate of drug-likeness (QED) is 0.844. The summed E-state index contributed by atoms with van der Waals surface area (Å²) in [7, 11) is 1.62. The molecule has 1 aromatic rings. The van der Waals surface area contributed by atoms with Crippen molar-refractivity contribution in [1.29, 1.82) is 0 Å². The monoisotopic (exact) mass is 283 g/mol. The zero-order chi connectivity index (χ0) is 13.8. The van der Waals surface area contributed by atoms with Crippen molar-refractivity contribution in [3.63, 3.8) is 0 Å². The van der Waals surface area contributed by atoms with E-state index in [1.807, 2.05) is 12.1 Å². The highest BCUT2D eigenvalue weighted by molar-refractivity contribution is 6.30. The Balaban J connectivity index is 2.17. The highest BCUT2D eigenvalue weighted by atomic mass is 35.5. The maximum atomic E-state index is 10.4. The lowest BCUT2D eigenvalue weighted by Crippen LogP contribution is -2.30. The summed E-state index contributed by atoms with van der Waals surface area (Å²) in [5.74, 6) is 1.27. The number of nitrogens with two attached hydrogens (primary N) is 1. The van der Waals surface area contributed by atoms with Gasteiger partial charge >= 0.3 is 0 Å².